The van der Waals surface area contributed by atoms with Gasteiger partial charge < -0.3 is 9.82 Å². The number of thiazole rings is 1. The Morgan fingerprint density at radius 1 is 1.24 bits per heavy atom. The molecule has 0 atom stereocenters. The van der Waals surface area contributed by atoms with Crippen molar-refractivity contribution < 1.29 is 4.84 Å². The second kappa shape index (κ2) is 5.71. The van der Waals surface area contributed by atoms with Gasteiger partial charge in [0.2, 0.25) is 0 Å². The minimum Gasteiger partial charge on any atom is -0.399 e. The number of halogens is 1. The summed E-state index contributed by atoms with van der Waals surface area (Å²) in [6.45, 7) is 0. The second-order valence-electron chi connectivity index (χ2n) is 4.36. The van der Waals surface area contributed by atoms with E-state index >= 15 is 0 Å². The van der Waals surface area contributed by atoms with E-state index in [4.69, 9.17) is 16.4 Å². The summed E-state index contributed by atoms with van der Waals surface area (Å²) in [6, 6.07) is 13.1. The fourth-order valence-corrected chi connectivity index (χ4v) is 3.06. The molecule has 3 aromatic rings. The molecule has 2 aromatic carbocycles. The SMILES string of the molecule is CON=C(c1cccc(Cl)c1)c1ccc2[nH]c(=O)sc2c1. The van der Waals surface area contributed by atoms with Crippen LogP contribution < -0.4 is 4.87 Å². The van der Waals surface area contributed by atoms with Crippen molar-refractivity contribution in [1.82, 2.24) is 4.98 Å². The summed E-state index contributed by atoms with van der Waals surface area (Å²) in [7, 11) is 1.50. The molecule has 0 bridgehead atoms. The highest BCUT2D eigenvalue weighted by atomic mass is 35.5. The molecule has 0 saturated carbocycles. The molecule has 0 unspecified atom stereocenters. The van der Waals surface area contributed by atoms with E-state index in [2.05, 4.69) is 10.1 Å². The number of aromatic amines is 1. The van der Waals surface area contributed by atoms with Crippen molar-refractivity contribution in [3.63, 3.8) is 0 Å². The summed E-state index contributed by atoms with van der Waals surface area (Å²) in [6.07, 6.45) is 0. The fourth-order valence-electron chi connectivity index (χ4n) is 2.09. The maximum Gasteiger partial charge on any atom is 0.305 e. The predicted molar refractivity (Wildman–Crippen MR) is 86.5 cm³/mol. The Balaban J connectivity index is 2.15. The molecule has 0 aliphatic rings. The van der Waals surface area contributed by atoms with E-state index in [0.29, 0.717) is 10.7 Å². The normalized spacial score (nSPS) is 11.8. The van der Waals surface area contributed by atoms with Crippen LogP contribution in [0.2, 0.25) is 5.02 Å². The van der Waals surface area contributed by atoms with Crippen LogP contribution in [-0.4, -0.2) is 17.8 Å². The number of rotatable bonds is 3. The van der Waals surface area contributed by atoms with Gasteiger partial charge in [0.05, 0.1) is 10.2 Å². The van der Waals surface area contributed by atoms with Crippen LogP contribution >= 0.6 is 22.9 Å². The first-order valence-corrected chi connectivity index (χ1v) is 7.37. The van der Waals surface area contributed by atoms with Crippen molar-refractivity contribution in [2.45, 2.75) is 0 Å². The molecule has 1 heterocycles. The van der Waals surface area contributed by atoms with Crippen LogP contribution in [0.5, 0.6) is 0 Å². The molecule has 0 aliphatic carbocycles. The lowest BCUT2D eigenvalue weighted by atomic mass is 10.0. The summed E-state index contributed by atoms with van der Waals surface area (Å²) in [5.74, 6) is 0. The van der Waals surface area contributed by atoms with Crippen molar-refractivity contribution in [2.24, 2.45) is 5.16 Å². The fraction of sp³-hybridized carbons (Fsp3) is 0.0667. The molecule has 4 nitrogen and oxygen atoms in total. The first kappa shape index (κ1) is 13.9. The maximum absolute atomic E-state index is 11.4. The van der Waals surface area contributed by atoms with Gasteiger partial charge in [0.25, 0.3) is 0 Å². The highest BCUT2D eigenvalue weighted by Gasteiger charge is 2.10. The van der Waals surface area contributed by atoms with Gasteiger partial charge in [0.1, 0.15) is 12.8 Å². The quantitative estimate of drug-likeness (QED) is 0.592. The maximum atomic E-state index is 11.4. The number of hydrogen-bond donors (Lipinski definition) is 1. The molecule has 106 valence electrons. The third-order valence-corrected chi connectivity index (χ3v) is 4.06. The van der Waals surface area contributed by atoms with Gasteiger partial charge in [-0.2, -0.15) is 0 Å². The average Bonchev–Trinajstić information content (AvgIpc) is 2.83. The van der Waals surface area contributed by atoms with Gasteiger partial charge in [0, 0.05) is 16.1 Å². The highest BCUT2D eigenvalue weighted by Crippen LogP contribution is 2.21. The van der Waals surface area contributed by atoms with Gasteiger partial charge in [-0.25, -0.2) is 0 Å². The van der Waals surface area contributed by atoms with Crippen molar-refractivity contribution >= 4 is 38.9 Å². The third-order valence-electron chi connectivity index (χ3n) is 2.98. The van der Waals surface area contributed by atoms with Gasteiger partial charge >= 0.3 is 4.87 Å². The van der Waals surface area contributed by atoms with E-state index in [9.17, 15) is 4.79 Å². The van der Waals surface area contributed by atoms with Gasteiger partial charge in [-0.15, -0.1) is 0 Å². The van der Waals surface area contributed by atoms with E-state index in [0.717, 1.165) is 21.3 Å². The number of benzene rings is 2. The lowest BCUT2D eigenvalue weighted by molar-refractivity contribution is 0.214. The molecular weight excluding hydrogens is 308 g/mol. The summed E-state index contributed by atoms with van der Waals surface area (Å²) in [5.41, 5.74) is 3.20. The number of nitrogens with one attached hydrogen (secondary N) is 1. The molecular formula is C15H11ClN2O2S. The third kappa shape index (κ3) is 2.84. The number of aromatic nitrogens is 1. The minimum atomic E-state index is -0.0739. The molecule has 0 radical (unpaired) electrons. The molecule has 1 aromatic heterocycles. The van der Waals surface area contributed by atoms with E-state index in [1.807, 2.05) is 36.4 Å². The molecule has 0 saturated heterocycles. The zero-order valence-corrected chi connectivity index (χ0v) is 12.7. The molecule has 3 rings (SSSR count). The summed E-state index contributed by atoms with van der Waals surface area (Å²) in [4.78, 5) is 19.1. The monoisotopic (exact) mass is 318 g/mol. The van der Waals surface area contributed by atoms with Crippen molar-refractivity contribution in [2.75, 3.05) is 7.11 Å². The van der Waals surface area contributed by atoms with Gasteiger partial charge in [-0.1, -0.05) is 46.3 Å². The number of hydrogen-bond acceptors (Lipinski definition) is 4. The Morgan fingerprint density at radius 3 is 2.81 bits per heavy atom. The second-order valence-corrected chi connectivity index (χ2v) is 5.81. The van der Waals surface area contributed by atoms with Crippen LogP contribution in [0.4, 0.5) is 0 Å². The molecule has 21 heavy (non-hydrogen) atoms. The molecule has 0 fully saturated rings. The Kier molecular flexibility index (Phi) is 3.77. The largest absolute Gasteiger partial charge is 0.399 e. The predicted octanol–water partition coefficient (Wildman–Crippen LogP) is 3.64. The number of oxime groups is 1. The van der Waals surface area contributed by atoms with Crippen molar-refractivity contribution in [3.8, 4) is 0 Å². The summed E-state index contributed by atoms with van der Waals surface area (Å²) >= 11 is 7.20. The Bertz CT molecular complexity index is 883. The smallest absolute Gasteiger partial charge is 0.305 e. The van der Waals surface area contributed by atoms with E-state index < -0.39 is 0 Å². The van der Waals surface area contributed by atoms with E-state index in [1.54, 1.807) is 6.07 Å². The Hall–Kier alpha value is -2.11. The number of H-pyrrole nitrogens is 1. The van der Waals surface area contributed by atoms with Crippen LogP contribution in [-0.2, 0) is 4.84 Å². The average molecular weight is 319 g/mol. The molecule has 0 aliphatic heterocycles. The zero-order chi connectivity index (χ0) is 14.8. The molecule has 6 heteroatoms. The van der Waals surface area contributed by atoms with Crippen molar-refractivity contribution in [1.29, 1.82) is 0 Å². The molecule has 1 N–H and O–H groups in total. The van der Waals surface area contributed by atoms with E-state index in [1.165, 1.54) is 18.4 Å². The zero-order valence-electron chi connectivity index (χ0n) is 11.1. The highest BCUT2D eigenvalue weighted by molar-refractivity contribution is 7.16. The van der Waals surface area contributed by atoms with Gasteiger partial charge in [-0.3, -0.25) is 4.79 Å². The molecule has 0 amide bonds. The standard InChI is InChI=1S/C15H11ClN2O2S/c1-20-18-14(9-3-2-4-11(16)7-9)10-5-6-12-13(8-10)21-15(19)17-12/h2-8H,1H3,(H,17,19). The van der Waals surface area contributed by atoms with Crippen LogP contribution in [0, 0.1) is 0 Å². The van der Waals surface area contributed by atoms with Crippen LogP contribution in [0.1, 0.15) is 11.1 Å². The summed E-state index contributed by atoms with van der Waals surface area (Å²) in [5, 5.41) is 4.72. The van der Waals surface area contributed by atoms with Crippen molar-refractivity contribution in [3.05, 3.63) is 68.3 Å². The topological polar surface area (TPSA) is 54.4 Å². The minimum absolute atomic E-state index is 0.0739. The Labute approximate surface area is 129 Å². The lowest BCUT2D eigenvalue weighted by Crippen LogP contribution is -2.03. The lowest BCUT2D eigenvalue weighted by Gasteiger charge is -2.07. The summed E-state index contributed by atoms with van der Waals surface area (Å²) < 4.78 is 0.878. The van der Waals surface area contributed by atoms with Gasteiger partial charge in [-0.05, 0) is 24.3 Å². The Morgan fingerprint density at radius 2 is 2.05 bits per heavy atom. The van der Waals surface area contributed by atoms with Crippen LogP contribution in [0.25, 0.3) is 10.2 Å². The first-order chi connectivity index (χ1) is 10.2. The van der Waals surface area contributed by atoms with E-state index in [-0.39, 0.29) is 4.87 Å². The van der Waals surface area contributed by atoms with Crippen LogP contribution in [0.3, 0.4) is 0 Å². The molecule has 0 spiro atoms. The first-order valence-electron chi connectivity index (χ1n) is 6.18. The van der Waals surface area contributed by atoms with Crippen LogP contribution in [0.15, 0.2) is 52.4 Å². The number of fused-ring (bicyclic) bond motifs is 1. The van der Waals surface area contributed by atoms with Gasteiger partial charge in [0.15, 0.2) is 0 Å². The number of nitrogens with zero attached hydrogens (tertiary/aromatic N) is 1.